The molecule has 0 aliphatic heterocycles. The van der Waals surface area contributed by atoms with Gasteiger partial charge in [-0.05, 0) is 6.92 Å². The Morgan fingerprint density at radius 3 is 2.07 bits per heavy atom. The summed E-state index contributed by atoms with van der Waals surface area (Å²) in [5, 5.41) is 0. The molecule has 0 aromatic carbocycles. The quantitative estimate of drug-likeness (QED) is 0.701. The lowest BCUT2D eigenvalue weighted by molar-refractivity contribution is 1.08. The van der Waals surface area contributed by atoms with Crippen LogP contribution in [0.1, 0.15) is 5.82 Å². The Hall–Kier alpha value is -1.84. The van der Waals surface area contributed by atoms with Gasteiger partial charge in [-0.1, -0.05) is 0 Å². The number of nitrogens with zero attached hydrogens (tertiary/aromatic N) is 4. The number of hydrogen-bond donors (Lipinski definition) is 0. The van der Waals surface area contributed by atoms with Crippen molar-refractivity contribution in [2.24, 2.45) is 0 Å². The maximum atomic E-state index is 5.26. The number of hydrogen-bond acceptors (Lipinski definition) is 4. The fraction of sp³-hybridized carbons (Fsp3) is 0. The molecule has 3 radical (unpaired) electrons. The average molecular weight is 183 g/mol. The van der Waals surface area contributed by atoms with Gasteiger partial charge in [0.05, 0.1) is 0 Å². The van der Waals surface area contributed by atoms with Crippen molar-refractivity contribution in [2.45, 2.75) is 0 Å². The van der Waals surface area contributed by atoms with Crippen LogP contribution in [0.25, 0.3) is 11.1 Å². The summed E-state index contributed by atoms with van der Waals surface area (Å²) in [6.45, 7) is 5.26. The Morgan fingerprint density at radius 1 is 0.929 bits per heavy atom. The van der Waals surface area contributed by atoms with E-state index in [2.05, 4.69) is 19.9 Å². The predicted molar refractivity (Wildman–Crippen MR) is 50.8 cm³/mol. The normalized spacial score (nSPS) is 10.1. The Balaban J connectivity index is 2.34. The summed E-state index contributed by atoms with van der Waals surface area (Å²) < 4.78 is 0. The van der Waals surface area contributed by atoms with E-state index in [0.717, 1.165) is 11.1 Å². The van der Waals surface area contributed by atoms with Gasteiger partial charge >= 0.3 is 0 Å². The minimum absolute atomic E-state index is 0.505. The number of rotatable bonds is 2. The molecule has 0 amide bonds. The third kappa shape index (κ3) is 1.74. The highest BCUT2D eigenvalue weighted by atomic mass is 14.9. The second-order valence-corrected chi connectivity index (χ2v) is 2.62. The Morgan fingerprint density at radius 2 is 1.50 bits per heavy atom. The molecule has 0 atom stereocenters. The molecule has 14 heavy (non-hydrogen) atoms. The van der Waals surface area contributed by atoms with Gasteiger partial charge in [0.1, 0.15) is 12.2 Å². The molecule has 2 rings (SSSR count). The molecule has 0 saturated heterocycles. The molecule has 67 valence electrons. The van der Waals surface area contributed by atoms with Gasteiger partial charge in [0.25, 0.3) is 0 Å². The first kappa shape index (κ1) is 8.74. The molecule has 0 N–H and O–H groups in total. The lowest BCUT2D eigenvalue weighted by Gasteiger charge is -1.99. The molecule has 4 heteroatoms. The van der Waals surface area contributed by atoms with Crippen LogP contribution < -0.4 is 0 Å². The van der Waals surface area contributed by atoms with Crippen LogP contribution in [0.15, 0.2) is 31.1 Å². The third-order valence-corrected chi connectivity index (χ3v) is 1.71. The molecular formula is C10H7N4. The van der Waals surface area contributed by atoms with Crippen molar-refractivity contribution >= 4 is 0 Å². The van der Waals surface area contributed by atoms with E-state index in [-0.39, 0.29) is 0 Å². The van der Waals surface area contributed by atoms with Gasteiger partial charge in [0.2, 0.25) is 0 Å². The summed E-state index contributed by atoms with van der Waals surface area (Å²) in [6.07, 6.45) is 9.61. The van der Waals surface area contributed by atoms with Crippen LogP contribution in [0.5, 0.6) is 0 Å². The molecule has 2 heterocycles. The highest BCUT2D eigenvalue weighted by molar-refractivity contribution is 5.58. The van der Waals surface area contributed by atoms with Crippen molar-refractivity contribution in [3.8, 4) is 11.1 Å². The topological polar surface area (TPSA) is 51.6 Å². The Labute approximate surface area is 82.1 Å². The molecular weight excluding hydrogens is 176 g/mol. The molecule has 2 aromatic rings. The van der Waals surface area contributed by atoms with E-state index in [1.165, 1.54) is 12.7 Å². The van der Waals surface area contributed by atoms with Crippen molar-refractivity contribution in [1.82, 2.24) is 19.9 Å². The van der Waals surface area contributed by atoms with Crippen molar-refractivity contribution in [2.75, 3.05) is 0 Å². The van der Waals surface area contributed by atoms with Gasteiger partial charge < -0.3 is 0 Å². The maximum Gasteiger partial charge on any atom is 0.132 e. The van der Waals surface area contributed by atoms with Crippen molar-refractivity contribution in [3.05, 3.63) is 50.3 Å². The fourth-order valence-electron chi connectivity index (χ4n) is 1.02. The van der Waals surface area contributed by atoms with Gasteiger partial charge in [0, 0.05) is 42.3 Å². The summed E-state index contributed by atoms with van der Waals surface area (Å²) in [5.74, 6) is 0.505. The molecule has 0 fully saturated rings. The zero-order valence-corrected chi connectivity index (χ0v) is 7.33. The Bertz CT molecular complexity index is 396. The van der Waals surface area contributed by atoms with Crippen LogP contribution in [0, 0.1) is 13.3 Å². The number of aromatic nitrogens is 4. The second-order valence-electron chi connectivity index (χ2n) is 2.62. The molecule has 0 bridgehead atoms. The van der Waals surface area contributed by atoms with Gasteiger partial charge in [0.15, 0.2) is 0 Å². The molecule has 0 aliphatic rings. The second kappa shape index (κ2) is 3.91. The third-order valence-electron chi connectivity index (χ3n) is 1.71. The van der Waals surface area contributed by atoms with Crippen molar-refractivity contribution < 1.29 is 0 Å². The molecule has 0 aliphatic carbocycles. The molecule has 0 unspecified atom stereocenters. The van der Waals surface area contributed by atoms with Gasteiger partial charge in [-0.25, -0.2) is 19.9 Å². The van der Waals surface area contributed by atoms with Crippen LogP contribution in [0.2, 0.25) is 0 Å². The molecule has 4 nitrogen and oxygen atoms in total. The maximum absolute atomic E-state index is 5.26. The average Bonchev–Trinajstić information content (AvgIpc) is 2.30. The summed E-state index contributed by atoms with van der Waals surface area (Å²) >= 11 is 0. The first-order valence-corrected chi connectivity index (χ1v) is 4.02. The first-order valence-electron chi connectivity index (χ1n) is 4.02. The lowest BCUT2D eigenvalue weighted by atomic mass is 10.2. The fourth-order valence-corrected chi connectivity index (χ4v) is 1.02. The largest absolute Gasteiger partial charge is 0.244 e. The van der Waals surface area contributed by atoms with E-state index in [4.69, 9.17) is 6.92 Å². The summed E-state index contributed by atoms with van der Waals surface area (Å²) in [4.78, 5) is 15.9. The van der Waals surface area contributed by atoms with E-state index in [9.17, 15) is 0 Å². The van der Waals surface area contributed by atoms with Gasteiger partial charge in [-0.2, -0.15) is 0 Å². The smallest absolute Gasteiger partial charge is 0.132 e. The monoisotopic (exact) mass is 183 g/mol. The standard InChI is InChI=1S/C10H7N4/c1-2-10-13-5-9(6-14-10)8-3-11-7-12-4-8/h1-7H. The molecule has 0 spiro atoms. The van der Waals surface area contributed by atoms with Gasteiger partial charge in [-0.15, -0.1) is 0 Å². The summed E-state index contributed by atoms with van der Waals surface area (Å²) in [6, 6.07) is 0. The molecule has 2 aromatic heterocycles. The van der Waals surface area contributed by atoms with E-state index in [1.807, 2.05) is 0 Å². The first-order chi connectivity index (χ1) is 6.90. The minimum atomic E-state index is 0.505. The van der Waals surface area contributed by atoms with Crippen molar-refractivity contribution in [1.29, 1.82) is 0 Å². The highest BCUT2D eigenvalue weighted by Gasteiger charge is 1.99. The lowest BCUT2D eigenvalue weighted by Crippen LogP contribution is -1.91. The van der Waals surface area contributed by atoms with E-state index in [0.29, 0.717) is 5.82 Å². The Kier molecular flexibility index (Phi) is 2.44. The van der Waals surface area contributed by atoms with E-state index < -0.39 is 0 Å². The summed E-state index contributed by atoms with van der Waals surface area (Å²) in [7, 11) is 0. The molecule has 0 saturated carbocycles. The van der Waals surface area contributed by atoms with E-state index >= 15 is 0 Å². The van der Waals surface area contributed by atoms with Crippen LogP contribution in [-0.2, 0) is 0 Å². The SMILES string of the molecule is [CH][CH]c1ncc(-c2cncnc2)cn1. The van der Waals surface area contributed by atoms with Crippen LogP contribution in [0.3, 0.4) is 0 Å². The van der Waals surface area contributed by atoms with Crippen LogP contribution >= 0.6 is 0 Å². The van der Waals surface area contributed by atoms with E-state index in [1.54, 1.807) is 24.8 Å². The minimum Gasteiger partial charge on any atom is -0.244 e. The van der Waals surface area contributed by atoms with Crippen LogP contribution in [-0.4, -0.2) is 19.9 Å². The highest BCUT2D eigenvalue weighted by Crippen LogP contribution is 2.14. The predicted octanol–water partition coefficient (Wildman–Crippen LogP) is 1.20. The zero-order chi connectivity index (χ0) is 9.80. The zero-order valence-electron chi connectivity index (χ0n) is 7.33. The van der Waals surface area contributed by atoms with Crippen LogP contribution in [0.4, 0.5) is 0 Å². The summed E-state index contributed by atoms with van der Waals surface area (Å²) in [5.41, 5.74) is 1.76. The van der Waals surface area contributed by atoms with Crippen molar-refractivity contribution in [3.63, 3.8) is 0 Å². The van der Waals surface area contributed by atoms with Gasteiger partial charge in [-0.3, -0.25) is 0 Å².